The van der Waals surface area contributed by atoms with E-state index in [4.69, 9.17) is 0 Å². The molecular weight excluding hydrogens is 256 g/mol. The lowest BCUT2D eigenvalue weighted by atomic mass is 9.96. The summed E-state index contributed by atoms with van der Waals surface area (Å²) in [4.78, 5) is 16.3. The topological polar surface area (TPSA) is 64.0 Å². The second-order valence-electron chi connectivity index (χ2n) is 5.70. The van der Waals surface area contributed by atoms with Gasteiger partial charge in [0.2, 0.25) is 0 Å². The van der Waals surface area contributed by atoms with Gasteiger partial charge in [-0.15, -0.1) is 0 Å². The Morgan fingerprint density at radius 3 is 2.50 bits per heavy atom. The average Bonchev–Trinajstić information content (AvgIpc) is 2.38. The van der Waals surface area contributed by atoms with E-state index in [9.17, 15) is 15.0 Å². The third kappa shape index (κ3) is 3.42. The van der Waals surface area contributed by atoms with Crippen LogP contribution in [0.2, 0.25) is 0 Å². The fourth-order valence-corrected chi connectivity index (χ4v) is 2.71. The van der Waals surface area contributed by atoms with Gasteiger partial charge in [0.1, 0.15) is 11.5 Å². The van der Waals surface area contributed by atoms with Crippen LogP contribution in [0.3, 0.4) is 0 Å². The number of hydrogen-bond acceptors (Lipinski definition) is 4. The molecule has 0 aromatic heterocycles. The minimum absolute atomic E-state index is 0.0382. The maximum atomic E-state index is 12.3. The molecule has 1 aliphatic rings. The number of phenolic OH excluding ortho intramolecular Hbond substituents is 2. The molecule has 1 saturated heterocycles. The molecule has 0 atom stereocenters. The molecule has 1 aromatic carbocycles. The van der Waals surface area contributed by atoms with Crippen LogP contribution in [0.15, 0.2) is 18.2 Å². The van der Waals surface area contributed by atoms with E-state index in [-0.39, 0.29) is 23.0 Å². The van der Waals surface area contributed by atoms with E-state index in [1.54, 1.807) is 4.90 Å². The van der Waals surface area contributed by atoms with Gasteiger partial charge in [-0.25, -0.2) is 0 Å². The normalized spacial score (nSPS) is 16.6. The van der Waals surface area contributed by atoms with E-state index in [1.165, 1.54) is 18.2 Å². The number of phenols is 2. The van der Waals surface area contributed by atoms with Gasteiger partial charge in [-0.2, -0.15) is 0 Å². The van der Waals surface area contributed by atoms with E-state index in [0.29, 0.717) is 5.92 Å². The van der Waals surface area contributed by atoms with Crippen molar-refractivity contribution in [2.24, 2.45) is 5.92 Å². The van der Waals surface area contributed by atoms with Crippen LogP contribution in [0.5, 0.6) is 11.5 Å². The van der Waals surface area contributed by atoms with Crippen molar-refractivity contribution in [2.45, 2.75) is 12.8 Å². The van der Waals surface area contributed by atoms with Crippen molar-refractivity contribution in [3.8, 4) is 11.5 Å². The van der Waals surface area contributed by atoms with Crippen molar-refractivity contribution in [2.75, 3.05) is 33.7 Å². The molecule has 1 aromatic rings. The fraction of sp³-hybridized carbons (Fsp3) is 0.533. The Hall–Kier alpha value is -1.75. The van der Waals surface area contributed by atoms with Gasteiger partial charge < -0.3 is 20.0 Å². The summed E-state index contributed by atoms with van der Waals surface area (Å²) in [5, 5.41) is 19.0. The molecule has 1 fully saturated rings. The monoisotopic (exact) mass is 278 g/mol. The lowest BCUT2D eigenvalue weighted by Crippen LogP contribution is -2.40. The summed E-state index contributed by atoms with van der Waals surface area (Å²) in [6.07, 6.45) is 1.98. The minimum Gasteiger partial charge on any atom is -0.508 e. The standard InChI is InChI=1S/C15H22N2O3/c1-16(2)10-11-5-7-17(8-6-11)15(20)13-4-3-12(18)9-14(13)19/h3-4,9,11,18-19H,5-8,10H2,1-2H3. The van der Waals surface area contributed by atoms with Gasteiger partial charge in [0.15, 0.2) is 0 Å². The highest BCUT2D eigenvalue weighted by Crippen LogP contribution is 2.26. The van der Waals surface area contributed by atoms with Gasteiger partial charge in [0.05, 0.1) is 5.56 Å². The molecule has 0 aliphatic carbocycles. The Kier molecular flexibility index (Phi) is 4.49. The summed E-state index contributed by atoms with van der Waals surface area (Å²) in [6.45, 7) is 2.49. The zero-order valence-corrected chi connectivity index (χ0v) is 12.0. The van der Waals surface area contributed by atoms with Crippen molar-refractivity contribution in [3.05, 3.63) is 23.8 Å². The first kappa shape index (κ1) is 14.7. The number of carbonyl (C=O) groups is 1. The molecule has 20 heavy (non-hydrogen) atoms. The summed E-state index contributed by atoms with van der Waals surface area (Å²) in [5.74, 6) is 0.266. The lowest BCUT2D eigenvalue weighted by Gasteiger charge is -2.33. The molecule has 2 rings (SSSR count). The number of hydrogen-bond donors (Lipinski definition) is 2. The molecule has 1 heterocycles. The zero-order valence-electron chi connectivity index (χ0n) is 12.0. The first-order valence-electron chi connectivity index (χ1n) is 6.93. The molecule has 0 unspecified atom stereocenters. The van der Waals surface area contributed by atoms with Gasteiger partial charge in [-0.1, -0.05) is 0 Å². The van der Waals surface area contributed by atoms with E-state index < -0.39 is 0 Å². The molecule has 0 radical (unpaired) electrons. The first-order chi connectivity index (χ1) is 9.47. The number of amides is 1. The molecule has 2 N–H and O–H groups in total. The smallest absolute Gasteiger partial charge is 0.257 e. The summed E-state index contributed by atoms with van der Waals surface area (Å²) in [6, 6.07) is 4.09. The predicted molar refractivity (Wildman–Crippen MR) is 77.0 cm³/mol. The third-order valence-corrected chi connectivity index (χ3v) is 3.74. The molecule has 1 amide bonds. The van der Waals surface area contributed by atoms with Gasteiger partial charge >= 0.3 is 0 Å². The number of likely N-dealkylation sites (tertiary alicyclic amines) is 1. The number of nitrogens with zero attached hydrogens (tertiary/aromatic N) is 2. The number of aromatic hydroxyl groups is 2. The van der Waals surface area contributed by atoms with Crippen LogP contribution in [0, 0.1) is 5.92 Å². The second kappa shape index (κ2) is 6.13. The summed E-state index contributed by atoms with van der Waals surface area (Å²) in [7, 11) is 4.12. The fourth-order valence-electron chi connectivity index (χ4n) is 2.71. The highest BCUT2D eigenvalue weighted by Gasteiger charge is 2.25. The van der Waals surface area contributed by atoms with E-state index in [0.717, 1.165) is 32.5 Å². The third-order valence-electron chi connectivity index (χ3n) is 3.74. The largest absolute Gasteiger partial charge is 0.508 e. The summed E-state index contributed by atoms with van der Waals surface area (Å²) < 4.78 is 0. The molecule has 5 heteroatoms. The van der Waals surface area contributed by atoms with Crippen molar-refractivity contribution in [3.63, 3.8) is 0 Å². The van der Waals surface area contributed by atoms with Gasteiger partial charge in [-0.3, -0.25) is 4.79 Å². The second-order valence-corrected chi connectivity index (χ2v) is 5.70. The first-order valence-corrected chi connectivity index (χ1v) is 6.93. The van der Waals surface area contributed by atoms with Gasteiger partial charge in [-0.05, 0) is 45.0 Å². The van der Waals surface area contributed by atoms with Crippen molar-refractivity contribution < 1.29 is 15.0 Å². The van der Waals surface area contributed by atoms with E-state index >= 15 is 0 Å². The maximum absolute atomic E-state index is 12.3. The van der Waals surface area contributed by atoms with E-state index in [2.05, 4.69) is 19.0 Å². The number of carbonyl (C=O) groups excluding carboxylic acids is 1. The molecular formula is C15H22N2O3. The molecule has 110 valence electrons. The Bertz CT molecular complexity index is 480. The Labute approximate surface area is 119 Å². The molecule has 0 spiro atoms. The predicted octanol–water partition coefficient (Wildman–Crippen LogP) is 1.51. The summed E-state index contributed by atoms with van der Waals surface area (Å²) >= 11 is 0. The lowest BCUT2D eigenvalue weighted by molar-refractivity contribution is 0.0675. The Morgan fingerprint density at radius 1 is 1.30 bits per heavy atom. The van der Waals surface area contributed by atoms with Crippen molar-refractivity contribution >= 4 is 5.91 Å². The number of benzene rings is 1. The van der Waals surface area contributed by atoms with Crippen LogP contribution >= 0.6 is 0 Å². The van der Waals surface area contributed by atoms with E-state index in [1.807, 2.05) is 0 Å². The number of rotatable bonds is 3. The molecule has 1 aliphatic heterocycles. The van der Waals surface area contributed by atoms with Crippen LogP contribution in [0.4, 0.5) is 0 Å². The summed E-state index contributed by atoms with van der Waals surface area (Å²) in [5.41, 5.74) is 0.258. The highest BCUT2D eigenvalue weighted by atomic mass is 16.3. The molecule has 5 nitrogen and oxygen atoms in total. The average molecular weight is 278 g/mol. The quantitative estimate of drug-likeness (QED) is 0.879. The van der Waals surface area contributed by atoms with Crippen LogP contribution in [-0.4, -0.2) is 59.6 Å². The van der Waals surface area contributed by atoms with Gasteiger partial charge in [0, 0.05) is 25.7 Å². The van der Waals surface area contributed by atoms with Crippen molar-refractivity contribution in [1.82, 2.24) is 9.80 Å². The Balaban J connectivity index is 1.98. The molecule has 0 bridgehead atoms. The molecule has 0 saturated carbocycles. The van der Waals surface area contributed by atoms with Crippen LogP contribution in [-0.2, 0) is 0 Å². The SMILES string of the molecule is CN(C)CC1CCN(C(=O)c2ccc(O)cc2O)CC1. The Morgan fingerprint density at radius 2 is 1.95 bits per heavy atom. The van der Waals surface area contributed by atoms with Crippen LogP contribution in [0.1, 0.15) is 23.2 Å². The number of piperidine rings is 1. The minimum atomic E-state index is -0.162. The zero-order chi connectivity index (χ0) is 14.7. The van der Waals surface area contributed by atoms with Crippen LogP contribution < -0.4 is 0 Å². The van der Waals surface area contributed by atoms with Gasteiger partial charge in [0.25, 0.3) is 5.91 Å². The highest BCUT2D eigenvalue weighted by molar-refractivity contribution is 5.97. The van der Waals surface area contributed by atoms with Crippen LogP contribution in [0.25, 0.3) is 0 Å². The van der Waals surface area contributed by atoms with Crippen molar-refractivity contribution in [1.29, 1.82) is 0 Å². The maximum Gasteiger partial charge on any atom is 0.257 e.